The topological polar surface area (TPSA) is 79.5 Å². The van der Waals surface area contributed by atoms with Crippen molar-refractivity contribution >= 4 is 11.8 Å². The fourth-order valence-electron chi connectivity index (χ4n) is 4.08. The van der Waals surface area contributed by atoms with E-state index in [1.54, 1.807) is 33.2 Å². The first-order valence-electron chi connectivity index (χ1n) is 10.2. The third kappa shape index (κ3) is 3.94. The van der Waals surface area contributed by atoms with Gasteiger partial charge in [-0.3, -0.25) is 9.59 Å². The number of fused-ring (bicyclic) bond motifs is 1. The number of methoxy groups -OCH3 is 1. The van der Waals surface area contributed by atoms with Crippen LogP contribution in [-0.2, 0) is 14.3 Å². The molecule has 0 bridgehead atoms. The van der Waals surface area contributed by atoms with E-state index in [1.165, 1.54) is 6.07 Å². The number of dihydropyridines is 1. The highest BCUT2D eigenvalue weighted by Gasteiger charge is 2.44. The fourth-order valence-corrected chi connectivity index (χ4v) is 4.08. The monoisotopic (exact) mass is 428 g/mol. The summed E-state index contributed by atoms with van der Waals surface area (Å²) < 4.78 is 32.8. The Hall–Kier alpha value is -3.16. The lowest BCUT2D eigenvalue weighted by atomic mass is 9.81. The molecule has 163 valence electrons. The first-order chi connectivity index (χ1) is 14.8. The zero-order valence-electron chi connectivity index (χ0n) is 17.5. The molecule has 2 aliphatic heterocycles. The Balaban J connectivity index is 1.65. The quantitative estimate of drug-likeness (QED) is 0.651. The largest absolute Gasteiger partial charge is 0.482 e. The first kappa shape index (κ1) is 21.1. The average Bonchev–Trinajstić information content (AvgIpc) is 3.56. The summed E-state index contributed by atoms with van der Waals surface area (Å²) in [6.07, 6.45) is 5.30. The number of carbonyl (C=O) groups excluding carboxylic acids is 2. The highest BCUT2D eigenvalue weighted by Crippen LogP contribution is 2.48. The number of ether oxygens (including phenoxy) is 1. The van der Waals surface area contributed by atoms with Crippen molar-refractivity contribution in [2.75, 3.05) is 7.11 Å². The molecule has 0 spiro atoms. The van der Waals surface area contributed by atoms with Gasteiger partial charge in [0.05, 0.1) is 19.1 Å². The van der Waals surface area contributed by atoms with Crippen LogP contribution in [0.1, 0.15) is 38.3 Å². The van der Waals surface area contributed by atoms with Crippen molar-refractivity contribution in [2.24, 2.45) is 11.8 Å². The summed E-state index contributed by atoms with van der Waals surface area (Å²) in [5.41, 5.74) is 2.14. The maximum atomic E-state index is 14.1. The molecule has 3 aliphatic rings. The molecule has 1 radical (unpaired) electrons. The number of nitrogens with one attached hydrogen (secondary N) is 3. The minimum absolute atomic E-state index is 0.173. The molecule has 8 heteroatoms. The van der Waals surface area contributed by atoms with Crippen LogP contribution in [0.25, 0.3) is 0 Å². The molecule has 6 nitrogen and oxygen atoms in total. The van der Waals surface area contributed by atoms with Gasteiger partial charge in [0.15, 0.2) is 5.88 Å². The molecule has 1 aliphatic carbocycles. The van der Waals surface area contributed by atoms with E-state index in [4.69, 9.17) is 4.74 Å². The van der Waals surface area contributed by atoms with Crippen molar-refractivity contribution in [3.05, 3.63) is 76.3 Å². The van der Waals surface area contributed by atoms with Gasteiger partial charge < -0.3 is 20.7 Å². The number of hydrogen-bond donors (Lipinski definition) is 3. The second kappa shape index (κ2) is 8.17. The number of carbonyl (C=O) groups is 2. The van der Waals surface area contributed by atoms with Gasteiger partial charge in [-0.05, 0) is 50.3 Å². The van der Waals surface area contributed by atoms with Crippen molar-refractivity contribution < 1.29 is 23.1 Å². The molecule has 1 aromatic rings. The first-order valence-corrected chi connectivity index (χ1v) is 10.2. The number of halogens is 2. The lowest BCUT2D eigenvalue weighted by molar-refractivity contribution is -0.126. The summed E-state index contributed by atoms with van der Waals surface area (Å²) in [4.78, 5) is 26.0. The lowest BCUT2D eigenvalue weighted by Crippen LogP contribution is -2.44. The van der Waals surface area contributed by atoms with Gasteiger partial charge in [0.25, 0.3) is 0 Å². The molecular formula is C23H24F2N3O3. The fraction of sp³-hybridized carbons (Fsp3) is 0.348. The summed E-state index contributed by atoms with van der Waals surface area (Å²) >= 11 is 0. The van der Waals surface area contributed by atoms with E-state index < -0.39 is 29.5 Å². The average molecular weight is 428 g/mol. The summed E-state index contributed by atoms with van der Waals surface area (Å²) in [6, 6.07) is 3.18. The molecule has 4 rings (SSSR count). The van der Waals surface area contributed by atoms with Gasteiger partial charge in [-0.25, -0.2) is 8.78 Å². The van der Waals surface area contributed by atoms with Crippen LogP contribution < -0.4 is 16.0 Å². The van der Waals surface area contributed by atoms with Gasteiger partial charge in [0, 0.05) is 29.0 Å². The maximum absolute atomic E-state index is 14.1. The highest BCUT2D eigenvalue weighted by atomic mass is 19.1. The molecule has 1 aromatic carbocycles. The molecule has 31 heavy (non-hydrogen) atoms. The van der Waals surface area contributed by atoms with Crippen molar-refractivity contribution in [1.82, 2.24) is 16.0 Å². The molecule has 0 aromatic heterocycles. The SMILES string of the molecule is COC1=C2[C](C=CN1)NC(=O)C([C@@H](C)C(=O)N[C@@H](C)c1ccc(F)cc1F)=C2C1CC1. The predicted octanol–water partition coefficient (Wildman–Crippen LogP) is 3.12. The summed E-state index contributed by atoms with van der Waals surface area (Å²) in [6.45, 7) is 3.27. The Labute approximate surface area is 179 Å². The third-order valence-electron chi connectivity index (χ3n) is 5.82. The minimum Gasteiger partial charge on any atom is -0.482 e. The van der Waals surface area contributed by atoms with Crippen LogP contribution in [-0.4, -0.2) is 18.9 Å². The van der Waals surface area contributed by atoms with Crippen molar-refractivity contribution in [2.45, 2.75) is 32.7 Å². The lowest BCUT2D eigenvalue weighted by Gasteiger charge is -2.34. The van der Waals surface area contributed by atoms with Crippen LogP contribution in [0, 0.1) is 29.5 Å². The second-order valence-corrected chi connectivity index (χ2v) is 7.97. The van der Waals surface area contributed by atoms with E-state index >= 15 is 0 Å². The van der Waals surface area contributed by atoms with Crippen LogP contribution in [0.15, 0.2) is 53.1 Å². The van der Waals surface area contributed by atoms with Crippen LogP contribution in [0.5, 0.6) is 0 Å². The Morgan fingerprint density at radius 2 is 2.00 bits per heavy atom. The third-order valence-corrected chi connectivity index (χ3v) is 5.82. The van der Waals surface area contributed by atoms with Gasteiger partial charge in [-0.2, -0.15) is 0 Å². The summed E-state index contributed by atoms with van der Waals surface area (Å²) in [7, 11) is 1.54. The van der Waals surface area contributed by atoms with Crippen molar-refractivity contribution in [3.8, 4) is 0 Å². The number of benzene rings is 1. The molecular weight excluding hydrogens is 404 g/mol. The molecule has 0 saturated heterocycles. The van der Waals surface area contributed by atoms with Gasteiger partial charge in [-0.1, -0.05) is 6.07 Å². The van der Waals surface area contributed by atoms with Gasteiger partial charge in [0.1, 0.15) is 17.7 Å². The Bertz CT molecular complexity index is 1030. The Morgan fingerprint density at radius 3 is 2.65 bits per heavy atom. The molecule has 1 saturated carbocycles. The molecule has 1 fully saturated rings. The zero-order chi connectivity index (χ0) is 22.3. The molecule has 2 atom stereocenters. The summed E-state index contributed by atoms with van der Waals surface area (Å²) in [5.74, 6) is -2.25. The highest BCUT2D eigenvalue weighted by molar-refractivity contribution is 6.04. The minimum atomic E-state index is -0.778. The van der Waals surface area contributed by atoms with Gasteiger partial charge >= 0.3 is 0 Å². The van der Waals surface area contributed by atoms with E-state index in [2.05, 4.69) is 16.0 Å². The van der Waals surface area contributed by atoms with Gasteiger partial charge in [-0.15, -0.1) is 0 Å². The van der Waals surface area contributed by atoms with E-state index in [1.807, 2.05) is 0 Å². The van der Waals surface area contributed by atoms with E-state index in [0.717, 1.165) is 36.1 Å². The van der Waals surface area contributed by atoms with E-state index in [9.17, 15) is 18.4 Å². The van der Waals surface area contributed by atoms with Crippen LogP contribution in [0.4, 0.5) is 8.78 Å². The van der Waals surface area contributed by atoms with Crippen LogP contribution >= 0.6 is 0 Å². The number of rotatable bonds is 6. The zero-order valence-corrected chi connectivity index (χ0v) is 17.5. The Morgan fingerprint density at radius 1 is 1.26 bits per heavy atom. The standard InChI is InChI=1S/C23H24F2N3O3/c1-11(21(29)27-12(2)15-7-6-14(24)10-16(15)25)18-19(13-4-5-13)20-17(28-22(18)30)8-9-26-23(20)31-3/h6-13,26H,4-5H2,1-3H3,(H,27,29)(H,28,30)/t11-,12+/m1/s1. The van der Waals surface area contributed by atoms with Crippen molar-refractivity contribution in [3.63, 3.8) is 0 Å². The van der Waals surface area contributed by atoms with Crippen LogP contribution in [0.3, 0.4) is 0 Å². The summed E-state index contributed by atoms with van der Waals surface area (Å²) in [5, 5.41) is 8.65. The predicted molar refractivity (Wildman–Crippen MR) is 110 cm³/mol. The Kier molecular flexibility index (Phi) is 5.56. The maximum Gasteiger partial charge on any atom is 0.249 e. The number of hydrogen-bond acceptors (Lipinski definition) is 4. The molecule has 3 N–H and O–H groups in total. The molecule has 2 heterocycles. The molecule has 0 unspecified atom stereocenters. The smallest absolute Gasteiger partial charge is 0.249 e. The normalized spacial score (nSPS) is 20.6. The van der Waals surface area contributed by atoms with E-state index in [-0.39, 0.29) is 17.4 Å². The van der Waals surface area contributed by atoms with Crippen molar-refractivity contribution in [1.29, 1.82) is 0 Å². The number of amides is 2. The van der Waals surface area contributed by atoms with Crippen LogP contribution in [0.2, 0.25) is 0 Å². The second-order valence-electron chi connectivity index (χ2n) is 7.97. The van der Waals surface area contributed by atoms with E-state index in [0.29, 0.717) is 17.5 Å². The molecule has 2 amide bonds. The van der Waals surface area contributed by atoms with Gasteiger partial charge in [0.2, 0.25) is 11.8 Å².